The number of aromatic nitrogens is 6. The summed E-state index contributed by atoms with van der Waals surface area (Å²) in [5.74, 6) is 0. The van der Waals surface area contributed by atoms with E-state index < -0.39 is 5.41 Å². The van der Waals surface area contributed by atoms with Gasteiger partial charge in [-0.1, -0.05) is 30.3 Å². The number of nitrogens with one attached hydrogen (secondary N) is 1. The summed E-state index contributed by atoms with van der Waals surface area (Å²) in [7, 11) is 0. The lowest BCUT2D eigenvalue weighted by atomic mass is 9.86. The molecule has 6 rings (SSSR count). The van der Waals surface area contributed by atoms with Gasteiger partial charge in [0, 0.05) is 22.5 Å². The van der Waals surface area contributed by atoms with Crippen LogP contribution >= 0.6 is 0 Å². The average molecular weight is 429 g/mol. The number of rotatable bonds is 3. The molecule has 6 aromatic rings. The van der Waals surface area contributed by atoms with Gasteiger partial charge in [0.25, 0.3) is 0 Å². The molecule has 1 N–H and O–H groups in total. The van der Waals surface area contributed by atoms with Crippen LogP contribution < -0.4 is 0 Å². The number of hydrogen-bond acceptors (Lipinski definition) is 5. The topological polar surface area (TPSA) is 95.5 Å². The van der Waals surface area contributed by atoms with Crippen molar-refractivity contribution in [3.8, 4) is 28.5 Å². The first-order valence-corrected chi connectivity index (χ1v) is 10.6. The first kappa shape index (κ1) is 19.1. The van der Waals surface area contributed by atoms with E-state index in [1.54, 1.807) is 10.8 Å². The number of hydrogen-bond donors (Lipinski definition) is 1. The molecule has 0 aliphatic rings. The fourth-order valence-electron chi connectivity index (χ4n) is 4.20. The molecule has 0 saturated heterocycles. The van der Waals surface area contributed by atoms with Gasteiger partial charge in [0.05, 0.1) is 28.7 Å². The second-order valence-electron chi connectivity index (χ2n) is 8.64. The zero-order valence-electron chi connectivity index (χ0n) is 18.1. The molecule has 0 fully saturated rings. The normalized spacial score (nSPS) is 11.9. The highest BCUT2D eigenvalue weighted by atomic mass is 15.3. The van der Waals surface area contributed by atoms with Crippen LogP contribution in [-0.2, 0) is 5.41 Å². The maximum Gasteiger partial charge on any atom is 0.155 e. The van der Waals surface area contributed by atoms with Crippen LogP contribution in [0.15, 0.2) is 73.3 Å². The van der Waals surface area contributed by atoms with Crippen LogP contribution in [0.5, 0.6) is 0 Å². The highest BCUT2D eigenvalue weighted by Crippen LogP contribution is 2.35. The van der Waals surface area contributed by atoms with Crippen LogP contribution in [0.2, 0.25) is 0 Å². The van der Waals surface area contributed by atoms with Crippen molar-refractivity contribution < 1.29 is 0 Å². The quantitative estimate of drug-likeness (QED) is 0.412. The van der Waals surface area contributed by atoms with Crippen molar-refractivity contribution in [3.05, 3.63) is 78.9 Å². The van der Waals surface area contributed by atoms with E-state index in [1.165, 1.54) is 0 Å². The molecular formula is C26H19N7. The number of fused-ring (bicyclic) bond motifs is 4. The van der Waals surface area contributed by atoms with Crippen LogP contribution in [0.25, 0.3) is 49.8 Å². The summed E-state index contributed by atoms with van der Waals surface area (Å²) in [6.45, 7) is 3.84. The second-order valence-corrected chi connectivity index (χ2v) is 8.64. The van der Waals surface area contributed by atoms with E-state index in [-0.39, 0.29) is 0 Å². The van der Waals surface area contributed by atoms with Crippen LogP contribution in [0.3, 0.4) is 0 Å². The number of pyridine rings is 2. The summed E-state index contributed by atoms with van der Waals surface area (Å²) < 4.78 is 1.75. The molecule has 158 valence electrons. The standard InChI is InChI=1S/C26H19N7/c1-26(2,14-27)19-6-3-16(4-7-19)25-24-20-11-17(5-8-21(20)28-13-22(24)31-32-25)18-9-10-33-23(12-18)29-15-30-33/h3-13,15H,1-2H3,(H,31,32). The smallest absolute Gasteiger partial charge is 0.155 e. The third-order valence-electron chi connectivity index (χ3n) is 6.17. The molecule has 0 aliphatic carbocycles. The van der Waals surface area contributed by atoms with Gasteiger partial charge in [-0.05, 0) is 54.8 Å². The predicted octanol–water partition coefficient (Wildman–Crippen LogP) is 5.29. The minimum Gasteiger partial charge on any atom is -0.276 e. The van der Waals surface area contributed by atoms with E-state index in [9.17, 15) is 5.26 Å². The molecule has 0 atom stereocenters. The summed E-state index contributed by atoms with van der Waals surface area (Å²) in [6.07, 6.45) is 5.28. The van der Waals surface area contributed by atoms with E-state index in [2.05, 4.69) is 43.5 Å². The Morgan fingerprint density at radius 1 is 0.939 bits per heavy atom. The Hall–Kier alpha value is -4.57. The maximum absolute atomic E-state index is 9.44. The Morgan fingerprint density at radius 2 is 1.73 bits per heavy atom. The molecule has 0 amide bonds. The Bertz CT molecular complexity index is 1700. The van der Waals surface area contributed by atoms with Crippen molar-refractivity contribution >= 4 is 27.5 Å². The third-order valence-corrected chi connectivity index (χ3v) is 6.17. The van der Waals surface area contributed by atoms with Gasteiger partial charge in [0.2, 0.25) is 0 Å². The molecule has 33 heavy (non-hydrogen) atoms. The van der Waals surface area contributed by atoms with Gasteiger partial charge < -0.3 is 0 Å². The van der Waals surface area contributed by atoms with E-state index in [0.29, 0.717) is 0 Å². The van der Waals surface area contributed by atoms with E-state index in [1.807, 2.05) is 68.7 Å². The molecular weight excluding hydrogens is 410 g/mol. The largest absolute Gasteiger partial charge is 0.276 e. The second kappa shape index (κ2) is 6.97. The first-order valence-electron chi connectivity index (χ1n) is 10.6. The number of aromatic amines is 1. The highest BCUT2D eigenvalue weighted by Gasteiger charge is 2.20. The van der Waals surface area contributed by atoms with Crippen molar-refractivity contribution in [3.63, 3.8) is 0 Å². The minimum atomic E-state index is -0.539. The van der Waals surface area contributed by atoms with Gasteiger partial charge in [0.15, 0.2) is 5.65 Å². The summed E-state index contributed by atoms with van der Waals surface area (Å²) in [5, 5.41) is 23.4. The Morgan fingerprint density at radius 3 is 2.55 bits per heavy atom. The lowest BCUT2D eigenvalue weighted by molar-refractivity contribution is 0.687. The Balaban J connectivity index is 1.53. The summed E-state index contributed by atoms with van der Waals surface area (Å²) in [5.41, 5.74) is 7.00. The molecule has 4 aromatic heterocycles. The molecule has 7 nitrogen and oxygen atoms in total. The molecule has 0 radical (unpaired) electrons. The number of benzene rings is 2. The molecule has 4 heterocycles. The van der Waals surface area contributed by atoms with Crippen LogP contribution in [0.4, 0.5) is 0 Å². The molecule has 7 heteroatoms. The molecule has 2 aromatic carbocycles. The Kier molecular flexibility index (Phi) is 4.04. The van der Waals surface area contributed by atoms with Crippen molar-refractivity contribution in [2.24, 2.45) is 0 Å². The zero-order valence-corrected chi connectivity index (χ0v) is 18.1. The van der Waals surface area contributed by atoms with E-state index in [4.69, 9.17) is 0 Å². The fraction of sp³-hybridized carbons (Fsp3) is 0.115. The molecule has 0 unspecified atom stereocenters. The molecule has 0 saturated carbocycles. The van der Waals surface area contributed by atoms with E-state index >= 15 is 0 Å². The van der Waals surface area contributed by atoms with Gasteiger partial charge in [-0.2, -0.15) is 15.5 Å². The van der Waals surface area contributed by atoms with Crippen molar-refractivity contribution in [1.82, 2.24) is 29.8 Å². The molecule has 0 aliphatic heterocycles. The lowest BCUT2D eigenvalue weighted by Crippen LogP contribution is -2.13. The molecule has 0 bridgehead atoms. The van der Waals surface area contributed by atoms with E-state index in [0.717, 1.165) is 55.4 Å². The van der Waals surface area contributed by atoms with Gasteiger partial charge in [-0.3, -0.25) is 10.1 Å². The SMILES string of the molecule is CC(C)(C#N)c1ccc(-c2n[nH]c3cnc4ccc(-c5ccn6ncnc6c5)cc4c23)cc1. The predicted molar refractivity (Wildman–Crippen MR) is 127 cm³/mol. The van der Waals surface area contributed by atoms with Crippen LogP contribution in [-0.4, -0.2) is 29.8 Å². The van der Waals surface area contributed by atoms with Crippen molar-refractivity contribution in [2.75, 3.05) is 0 Å². The number of nitriles is 1. The van der Waals surface area contributed by atoms with Crippen LogP contribution in [0, 0.1) is 11.3 Å². The number of H-pyrrole nitrogens is 1. The van der Waals surface area contributed by atoms with Crippen LogP contribution in [0.1, 0.15) is 19.4 Å². The summed E-state index contributed by atoms with van der Waals surface area (Å²) in [6, 6.07) is 20.7. The summed E-state index contributed by atoms with van der Waals surface area (Å²) in [4.78, 5) is 8.91. The average Bonchev–Trinajstić information content (AvgIpc) is 3.50. The minimum absolute atomic E-state index is 0.539. The lowest BCUT2D eigenvalue weighted by Gasteiger charge is -2.15. The van der Waals surface area contributed by atoms with Gasteiger partial charge in [0.1, 0.15) is 12.0 Å². The Labute approximate surface area is 189 Å². The highest BCUT2D eigenvalue weighted by molar-refractivity contribution is 6.11. The first-order chi connectivity index (χ1) is 16.0. The monoisotopic (exact) mass is 429 g/mol. The zero-order chi connectivity index (χ0) is 22.6. The summed E-state index contributed by atoms with van der Waals surface area (Å²) >= 11 is 0. The van der Waals surface area contributed by atoms with Crippen molar-refractivity contribution in [2.45, 2.75) is 19.3 Å². The fourth-order valence-corrected chi connectivity index (χ4v) is 4.20. The van der Waals surface area contributed by atoms with Gasteiger partial charge >= 0.3 is 0 Å². The van der Waals surface area contributed by atoms with Crippen molar-refractivity contribution in [1.29, 1.82) is 5.26 Å². The van der Waals surface area contributed by atoms with Gasteiger partial charge in [-0.25, -0.2) is 9.50 Å². The third kappa shape index (κ3) is 3.04. The molecule has 0 spiro atoms. The number of nitrogens with zero attached hydrogens (tertiary/aromatic N) is 6. The maximum atomic E-state index is 9.44. The van der Waals surface area contributed by atoms with Gasteiger partial charge in [-0.15, -0.1) is 0 Å².